The fraction of sp³-hybridized carbons (Fsp3) is 0.917. The number of carbonyl (C=O) groups excluding carboxylic acids is 1. The van der Waals surface area contributed by atoms with Crippen molar-refractivity contribution < 1.29 is 9.53 Å². The van der Waals surface area contributed by atoms with Crippen LogP contribution in [0.1, 0.15) is 34.6 Å². The zero-order chi connectivity index (χ0) is 12.6. The van der Waals surface area contributed by atoms with Crippen molar-refractivity contribution in [3.8, 4) is 0 Å². The van der Waals surface area contributed by atoms with Gasteiger partial charge in [0.1, 0.15) is 0 Å². The third-order valence-electron chi connectivity index (χ3n) is 2.21. The van der Waals surface area contributed by atoms with Gasteiger partial charge in [-0.1, -0.05) is 0 Å². The molecule has 0 aliphatic heterocycles. The number of likely N-dealkylation sites (N-methyl/N-ethyl adjacent to an activating group) is 1. The maximum absolute atomic E-state index is 11.8. The Balaban J connectivity index is 3.91. The highest BCUT2D eigenvalue weighted by molar-refractivity contribution is 5.78. The molecule has 0 aliphatic carbocycles. The SMILES string of the molecule is CCOCCN(CC)C(=O)CNC(C)(C)C. The lowest BCUT2D eigenvalue weighted by atomic mass is 10.1. The van der Waals surface area contributed by atoms with Crippen LogP contribution in [0, 0.1) is 0 Å². The first-order chi connectivity index (χ1) is 7.40. The fourth-order valence-electron chi connectivity index (χ4n) is 1.23. The maximum Gasteiger partial charge on any atom is 0.236 e. The summed E-state index contributed by atoms with van der Waals surface area (Å²) >= 11 is 0. The van der Waals surface area contributed by atoms with E-state index in [9.17, 15) is 4.79 Å². The van der Waals surface area contributed by atoms with E-state index >= 15 is 0 Å². The number of hydrogen-bond donors (Lipinski definition) is 1. The summed E-state index contributed by atoms with van der Waals surface area (Å²) in [4.78, 5) is 13.6. The Morgan fingerprint density at radius 2 is 1.94 bits per heavy atom. The van der Waals surface area contributed by atoms with E-state index in [4.69, 9.17) is 4.74 Å². The van der Waals surface area contributed by atoms with Crippen LogP contribution in [-0.2, 0) is 9.53 Å². The molecule has 0 aromatic rings. The van der Waals surface area contributed by atoms with Crippen molar-refractivity contribution in [2.75, 3.05) is 32.8 Å². The third-order valence-corrected chi connectivity index (χ3v) is 2.21. The van der Waals surface area contributed by atoms with Crippen LogP contribution in [0.15, 0.2) is 0 Å². The summed E-state index contributed by atoms with van der Waals surface area (Å²) in [5.74, 6) is 0.136. The molecular weight excluding hydrogens is 204 g/mol. The Kier molecular flexibility index (Phi) is 7.34. The van der Waals surface area contributed by atoms with Crippen LogP contribution in [0.25, 0.3) is 0 Å². The van der Waals surface area contributed by atoms with Crippen molar-refractivity contribution >= 4 is 5.91 Å². The zero-order valence-corrected chi connectivity index (χ0v) is 11.3. The van der Waals surface area contributed by atoms with E-state index in [2.05, 4.69) is 26.1 Å². The molecule has 4 nitrogen and oxygen atoms in total. The second-order valence-corrected chi connectivity index (χ2v) is 4.77. The van der Waals surface area contributed by atoms with Crippen LogP contribution < -0.4 is 5.32 Å². The van der Waals surface area contributed by atoms with E-state index in [1.54, 1.807) is 0 Å². The van der Waals surface area contributed by atoms with Gasteiger partial charge in [-0.15, -0.1) is 0 Å². The molecule has 0 bridgehead atoms. The molecule has 0 atom stereocenters. The fourth-order valence-corrected chi connectivity index (χ4v) is 1.23. The predicted molar refractivity (Wildman–Crippen MR) is 66.5 cm³/mol. The quantitative estimate of drug-likeness (QED) is 0.669. The lowest BCUT2D eigenvalue weighted by Crippen LogP contribution is -2.45. The summed E-state index contributed by atoms with van der Waals surface area (Å²) in [5, 5.41) is 3.19. The largest absolute Gasteiger partial charge is 0.380 e. The molecule has 0 radical (unpaired) electrons. The zero-order valence-electron chi connectivity index (χ0n) is 11.3. The molecule has 0 saturated heterocycles. The minimum atomic E-state index is -0.0189. The van der Waals surface area contributed by atoms with Gasteiger partial charge in [-0.25, -0.2) is 0 Å². The maximum atomic E-state index is 11.8. The van der Waals surface area contributed by atoms with E-state index in [0.717, 1.165) is 6.54 Å². The standard InChI is InChI=1S/C12H26N2O2/c1-6-14(8-9-16-7-2)11(15)10-13-12(3,4)5/h13H,6-10H2,1-5H3. The van der Waals surface area contributed by atoms with E-state index in [0.29, 0.717) is 26.3 Å². The Morgan fingerprint density at radius 3 is 2.38 bits per heavy atom. The molecule has 16 heavy (non-hydrogen) atoms. The molecule has 0 fully saturated rings. The van der Waals surface area contributed by atoms with Crippen LogP contribution >= 0.6 is 0 Å². The van der Waals surface area contributed by atoms with Crippen LogP contribution in [-0.4, -0.2) is 49.2 Å². The first-order valence-corrected chi connectivity index (χ1v) is 6.01. The van der Waals surface area contributed by atoms with Crippen molar-refractivity contribution in [3.05, 3.63) is 0 Å². The first kappa shape index (κ1) is 15.4. The molecule has 0 aliphatic rings. The van der Waals surface area contributed by atoms with E-state index < -0.39 is 0 Å². The van der Waals surface area contributed by atoms with Crippen LogP contribution in [0.4, 0.5) is 0 Å². The van der Waals surface area contributed by atoms with E-state index in [-0.39, 0.29) is 11.4 Å². The number of nitrogens with one attached hydrogen (secondary N) is 1. The number of ether oxygens (including phenoxy) is 1. The van der Waals surface area contributed by atoms with Crippen LogP contribution in [0.3, 0.4) is 0 Å². The van der Waals surface area contributed by atoms with Gasteiger partial charge in [0.25, 0.3) is 0 Å². The van der Waals surface area contributed by atoms with E-state index in [1.807, 2.05) is 18.7 Å². The molecule has 1 N–H and O–H groups in total. The molecule has 0 rings (SSSR count). The Morgan fingerprint density at radius 1 is 1.31 bits per heavy atom. The molecule has 1 amide bonds. The highest BCUT2D eigenvalue weighted by atomic mass is 16.5. The summed E-state index contributed by atoms with van der Waals surface area (Å²) in [5.41, 5.74) is -0.0189. The van der Waals surface area contributed by atoms with Gasteiger partial charge in [-0.2, -0.15) is 0 Å². The van der Waals surface area contributed by atoms with Crippen molar-refractivity contribution in [2.45, 2.75) is 40.2 Å². The summed E-state index contributed by atoms with van der Waals surface area (Å²) < 4.78 is 5.25. The van der Waals surface area contributed by atoms with Gasteiger partial charge in [-0.05, 0) is 34.6 Å². The Hall–Kier alpha value is -0.610. The first-order valence-electron chi connectivity index (χ1n) is 6.01. The molecule has 0 spiro atoms. The normalized spacial score (nSPS) is 11.6. The minimum Gasteiger partial charge on any atom is -0.380 e. The Bertz CT molecular complexity index is 200. The van der Waals surface area contributed by atoms with Crippen molar-refractivity contribution in [3.63, 3.8) is 0 Å². The van der Waals surface area contributed by atoms with Crippen molar-refractivity contribution in [1.82, 2.24) is 10.2 Å². The highest BCUT2D eigenvalue weighted by Crippen LogP contribution is 1.98. The van der Waals surface area contributed by atoms with E-state index in [1.165, 1.54) is 0 Å². The smallest absolute Gasteiger partial charge is 0.236 e. The third kappa shape index (κ3) is 7.65. The highest BCUT2D eigenvalue weighted by Gasteiger charge is 2.15. The summed E-state index contributed by atoms with van der Waals surface area (Å²) in [6.45, 7) is 13.2. The van der Waals surface area contributed by atoms with Gasteiger partial charge in [0.15, 0.2) is 0 Å². The summed E-state index contributed by atoms with van der Waals surface area (Å²) in [6.07, 6.45) is 0. The molecule has 4 heteroatoms. The second-order valence-electron chi connectivity index (χ2n) is 4.77. The summed E-state index contributed by atoms with van der Waals surface area (Å²) in [7, 11) is 0. The summed E-state index contributed by atoms with van der Waals surface area (Å²) in [6, 6.07) is 0. The Labute approximate surface area is 99.3 Å². The van der Waals surface area contributed by atoms with Gasteiger partial charge >= 0.3 is 0 Å². The van der Waals surface area contributed by atoms with Crippen LogP contribution in [0.2, 0.25) is 0 Å². The molecular formula is C12H26N2O2. The second kappa shape index (κ2) is 7.63. The van der Waals surface area contributed by atoms with Gasteiger partial charge in [0.05, 0.1) is 13.2 Å². The average Bonchev–Trinajstić information content (AvgIpc) is 2.20. The lowest BCUT2D eigenvalue weighted by molar-refractivity contribution is -0.131. The predicted octanol–water partition coefficient (Wildman–Crippen LogP) is 1.26. The van der Waals surface area contributed by atoms with Gasteiger partial charge < -0.3 is 15.0 Å². The number of nitrogens with zero attached hydrogens (tertiary/aromatic N) is 1. The van der Waals surface area contributed by atoms with Gasteiger partial charge in [0.2, 0.25) is 5.91 Å². The minimum absolute atomic E-state index is 0.0189. The topological polar surface area (TPSA) is 41.6 Å². The van der Waals surface area contributed by atoms with Crippen LogP contribution in [0.5, 0.6) is 0 Å². The molecule has 0 saturated carbocycles. The molecule has 0 heterocycles. The average molecular weight is 230 g/mol. The number of hydrogen-bond acceptors (Lipinski definition) is 3. The number of carbonyl (C=O) groups is 1. The molecule has 0 unspecified atom stereocenters. The lowest BCUT2D eigenvalue weighted by Gasteiger charge is -2.25. The van der Waals surface area contributed by atoms with Crippen molar-refractivity contribution in [1.29, 1.82) is 0 Å². The molecule has 0 aromatic heterocycles. The monoisotopic (exact) mass is 230 g/mol. The van der Waals surface area contributed by atoms with Gasteiger partial charge in [-0.3, -0.25) is 4.79 Å². The number of rotatable bonds is 7. The van der Waals surface area contributed by atoms with Crippen molar-refractivity contribution in [2.24, 2.45) is 0 Å². The van der Waals surface area contributed by atoms with Gasteiger partial charge in [0, 0.05) is 25.2 Å². The molecule has 0 aromatic carbocycles. The molecule has 96 valence electrons. The number of amides is 1.